The topological polar surface area (TPSA) is 34.1 Å². The highest BCUT2D eigenvalue weighted by Gasteiger charge is 2.16. The third-order valence-electron chi connectivity index (χ3n) is 7.49. The fourth-order valence-corrected chi connectivity index (χ4v) is 6.07. The van der Waals surface area contributed by atoms with E-state index in [0.29, 0.717) is 0 Å². The van der Waals surface area contributed by atoms with E-state index in [1.807, 2.05) is 18.8 Å². The van der Waals surface area contributed by atoms with Crippen LogP contribution in [0.15, 0.2) is 75.1 Å². The Morgan fingerprint density at radius 1 is 1.05 bits per heavy atom. The van der Waals surface area contributed by atoms with Gasteiger partial charge in [0.15, 0.2) is 0 Å². The molecule has 3 aliphatic rings. The van der Waals surface area contributed by atoms with Crippen LogP contribution in [-0.4, -0.2) is 56.8 Å². The zero-order chi connectivity index (χ0) is 26.8. The van der Waals surface area contributed by atoms with E-state index >= 15 is 0 Å². The van der Waals surface area contributed by atoms with Crippen molar-refractivity contribution in [3.05, 3.63) is 70.1 Å². The highest BCUT2D eigenvalue weighted by molar-refractivity contribution is 8.04. The van der Waals surface area contributed by atoms with Crippen LogP contribution in [0.3, 0.4) is 0 Å². The van der Waals surface area contributed by atoms with E-state index in [9.17, 15) is 0 Å². The number of nitrogens with zero attached hydrogens (tertiary/aromatic N) is 2. The van der Waals surface area contributed by atoms with Crippen LogP contribution < -0.4 is 0 Å². The monoisotopic (exact) mass is 538 g/mol. The summed E-state index contributed by atoms with van der Waals surface area (Å²) < 4.78 is 11.6. The molecule has 0 aromatic rings. The van der Waals surface area contributed by atoms with Crippen molar-refractivity contribution in [3.63, 3.8) is 0 Å². The molecule has 2 aliphatic heterocycles. The van der Waals surface area contributed by atoms with Gasteiger partial charge in [-0.15, -0.1) is 11.8 Å². The van der Waals surface area contributed by atoms with Crippen molar-refractivity contribution in [3.8, 4) is 0 Å². The first-order valence-corrected chi connectivity index (χ1v) is 15.9. The Morgan fingerprint density at radius 3 is 2.71 bits per heavy atom. The molecule has 38 heavy (non-hydrogen) atoms. The number of rotatable bonds is 16. The highest BCUT2D eigenvalue weighted by Crippen LogP contribution is 2.32. The summed E-state index contributed by atoms with van der Waals surface area (Å²) in [5.74, 6) is 3.21. The van der Waals surface area contributed by atoms with Crippen LogP contribution in [0.4, 0.5) is 0 Å². The van der Waals surface area contributed by atoms with Gasteiger partial charge in [0.2, 0.25) is 0 Å². The highest BCUT2D eigenvalue weighted by atomic mass is 32.2. The van der Waals surface area contributed by atoms with Gasteiger partial charge >= 0.3 is 0 Å². The average molecular weight is 539 g/mol. The number of fused-ring (bicyclic) bond motifs is 1. The van der Waals surface area contributed by atoms with Crippen LogP contribution in [0.5, 0.6) is 0 Å². The van der Waals surface area contributed by atoms with Crippen molar-refractivity contribution in [2.24, 2.45) is 4.99 Å². The van der Waals surface area contributed by atoms with Crippen molar-refractivity contribution in [2.75, 3.05) is 46.2 Å². The molecule has 5 heteroatoms. The summed E-state index contributed by atoms with van der Waals surface area (Å²) in [6.45, 7) is 6.76. The smallest absolute Gasteiger partial charge is 0.129 e. The van der Waals surface area contributed by atoms with Gasteiger partial charge in [0.1, 0.15) is 11.5 Å². The number of methoxy groups -OCH3 is 1. The Kier molecular flexibility index (Phi) is 14.9. The Balaban J connectivity index is 1.38. The molecule has 2 heterocycles. The predicted molar refractivity (Wildman–Crippen MR) is 166 cm³/mol. The maximum Gasteiger partial charge on any atom is 0.129 e. The SMILES string of the molecule is CCN(CCCCCCC1=CC=C2OC(CC/C=C3/SCC=CC3=NC)=CCCC2=CC1)CCCCOC. The minimum Gasteiger partial charge on any atom is -0.462 e. The second kappa shape index (κ2) is 18.5. The van der Waals surface area contributed by atoms with E-state index in [4.69, 9.17) is 9.47 Å². The molecule has 0 saturated heterocycles. The number of hydrogen-bond acceptors (Lipinski definition) is 5. The number of unbranched alkanes of at least 4 members (excludes halogenated alkanes) is 4. The molecule has 0 aromatic heterocycles. The van der Waals surface area contributed by atoms with E-state index in [2.05, 4.69) is 59.3 Å². The first-order valence-electron chi connectivity index (χ1n) is 14.9. The molecule has 0 amide bonds. The molecule has 0 fully saturated rings. The second-order valence-electron chi connectivity index (χ2n) is 10.3. The van der Waals surface area contributed by atoms with Crippen LogP contribution >= 0.6 is 11.8 Å². The standard InChI is InChI=1S/C33H50N2O2S/c1-4-35(25-9-10-26-36-3)24-8-6-5-7-14-28-20-22-29-15-11-16-30(37-32(29)23-21-28)17-12-19-33-31(34-2)18-13-27-38-33/h13,16,18-19,21-23H,4-12,14-15,17,20,24-27H2,1-3H3/b33-19+,34-31?. The lowest BCUT2D eigenvalue weighted by atomic mass is 10.0. The van der Waals surface area contributed by atoms with Gasteiger partial charge in [-0.3, -0.25) is 4.99 Å². The zero-order valence-corrected chi connectivity index (χ0v) is 25.0. The van der Waals surface area contributed by atoms with Crippen LogP contribution in [0.2, 0.25) is 0 Å². The summed E-state index contributed by atoms with van der Waals surface area (Å²) in [6, 6.07) is 0. The summed E-state index contributed by atoms with van der Waals surface area (Å²) in [5.41, 5.74) is 4.02. The Labute approximate surface area is 236 Å². The first kappa shape index (κ1) is 30.7. The van der Waals surface area contributed by atoms with E-state index in [-0.39, 0.29) is 0 Å². The van der Waals surface area contributed by atoms with Gasteiger partial charge in [0.05, 0.1) is 5.71 Å². The van der Waals surface area contributed by atoms with Crippen molar-refractivity contribution in [1.82, 2.24) is 4.90 Å². The summed E-state index contributed by atoms with van der Waals surface area (Å²) >= 11 is 1.87. The molecule has 0 atom stereocenters. The Hall–Kier alpha value is -1.82. The molecule has 0 unspecified atom stereocenters. The lowest BCUT2D eigenvalue weighted by Crippen LogP contribution is -2.25. The third kappa shape index (κ3) is 11.1. The van der Waals surface area contributed by atoms with Crippen LogP contribution in [0.25, 0.3) is 0 Å². The number of allylic oxidation sites excluding steroid dienone is 10. The summed E-state index contributed by atoms with van der Waals surface area (Å²) in [6.07, 6.45) is 29.9. The van der Waals surface area contributed by atoms with E-state index in [1.54, 1.807) is 12.7 Å². The Bertz CT molecular complexity index is 939. The van der Waals surface area contributed by atoms with E-state index < -0.39 is 0 Å². The average Bonchev–Trinajstić information content (AvgIpc) is 3.25. The molecule has 0 bridgehead atoms. The molecule has 3 rings (SSSR count). The number of hydrogen-bond donors (Lipinski definition) is 0. The fourth-order valence-electron chi connectivity index (χ4n) is 5.16. The van der Waals surface area contributed by atoms with Gasteiger partial charge in [-0.1, -0.05) is 49.6 Å². The van der Waals surface area contributed by atoms with Crippen molar-refractivity contribution in [1.29, 1.82) is 0 Å². The molecular formula is C33H50N2O2S. The normalized spacial score (nSPS) is 19.9. The number of thioether (sulfide) groups is 1. The number of aliphatic imine (C=N–C) groups is 1. The molecule has 0 radical (unpaired) electrons. The van der Waals surface area contributed by atoms with E-state index in [0.717, 1.165) is 68.2 Å². The maximum absolute atomic E-state index is 6.44. The lowest BCUT2D eigenvalue weighted by Gasteiger charge is -2.20. The maximum atomic E-state index is 6.44. The molecule has 1 aliphatic carbocycles. The summed E-state index contributed by atoms with van der Waals surface area (Å²) in [5, 5.41) is 0. The largest absolute Gasteiger partial charge is 0.462 e. The lowest BCUT2D eigenvalue weighted by molar-refractivity contribution is 0.184. The molecule has 0 saturated carbocycles. The molecule has 0 aromatic carbocycles. The van der Waals surface area contributed by atoms with Gasteiger partial charge < -0.3 is 14.4 Å². The van der Waals surface area contributed by atoms with Crippen LogP contribution in [-0.2, 0) is 9.47 Å². The second-order valence-corrected chi connectivity index (χ2v) is 11.4. The molecule has 210 valence electrons. The van der Waals surface area contributed by atoms with Gasteiger partial charge in [-0.25, -0.2) is 0 Å². The minimum atomic E-state index is 0.885. The van der Waals surface area contributed by atoms with E-state index in [1.165, 1.54) is 68.5 Å². The molecule has 0 N–H and O–H groups in total. The molecule has 4 nitrogen and oxygen atoms in total. The van der Waals surface area contributed by atoms with Crippen LogP contribution in [0.1, 0.15) is 84.0 Å². The van der Waals surface area contributed by atoms with Crippen molar-refractivity contribution < 1.29 is 9.47 Å². The summed E-state index contributed by atoms with van der Waals surface area (Å²) in [4.78, 5) is 8.30. The first-order chi connectivity index (χ1) is 18.7. The third-order valence-corrected chi connectivity index (χ3v) is 8.54. The van der Waals surface area contributed by atoms with Crippen LogP contribution in [0, 0.1) is 0 Å². The predicted octanol–water partition coefficient (Wildman–Crippen LogP) is 8.56. The minimum absolute atomic E-state index is 0.885. The fraction of sp³-hybridized carbons (Fsp3) is 0.606. The van der Waals surface area contributed by atoms with Gasteiger partial charge in [0, 0.05) is 37.8 Å². The zero-order valence-electron chi connectivity index (χ0n) is 24.2. The Morgan fingerprint density at radius 2 is 1.89 bits per heavy atom. The molecule has 0 spiro atoms. The number of ether oxygens (including phenoxy) is 2. The van der Waals surface area contributed by atoms with Crippen molar-refractivity contribution in [2.45, 2.75) is 84.0 Å². The van der Waals surface area contributed by atoms with Gasteiger partial charge in [-0.2, -0.15) is 0 Å². The quantitative estimate of drug-likeness (QED) is 0.184. The van der Waals surface area contributed by atoms with Crippen molar-refractivity contribution >= 4 is 17.5 Å². The van der Waals surface area contributed by atoms with Gasteiger partial charge in [-0.05, 0) is 101 Å². The molecular weight excluding hydrogens is 488 g/mol. The summed E-state index contributed by atoms with van der Waals surface area (Å²) in [7, 11) is 3.67. The van der Waals surface area contributed by atoms with Gasteiger partial charge in [0.25, 0.3) is 0 Å².